The number of ketones is 1. The van der Waals surface area contributed by atoms with Gasteiger partial charge in [0, 0.05) is 31.5 Å². The Morgan fingerprint density at radius 2 is 1.72 bits per heavy atom. The van der Waals surface area contributed by atoms with Crippen LogP contribution in [0.25, 0.3) is 0 Å². The Balaban J connectivity index is 1.31. The van der Waals surface area contributed by atoms with Gasteiger partial charge in [-0.25, -0.2) is 0 Å². The molecule has 2 aliphatic heterocycles. The second-order valence-electron chi connectivity index (χ2n) is 13.1. The maximum absolute atomic E-state index is 12.2. The van der Waals surface area contributed by atoms with Crippen LogP contribution >= 0.6 is 0 Å². The highest BCUT2D eigenvalue weighted by Crippen LogP contribution is 2.70. The van der Waals surface area contributed by atoms with Crippen molar-refractivity contribution in [2.75, 3.05) is 6.54 Å². The molecule has 2 saturated heterocycles. The average Bonchev–Trinajstić information content (AvgIpc) is 3.15. The summed E-state index contributed by atoms with van der Waals surface area (Å²) in [6, 6.07) is 1.76. The molecule has 6 fully saturated rings. The average molecular weight is 398 g/mol. The first-order chi connectivity index (χ1) is 13.8. The molecule has 0 aromatic carbocycles. The molecule has 29 heavy (non-hydrogen) atoms. The molecule has 2 heterocycles. The van der Waals surface area contributed by atoms with Crippen molar-refractivity contribution < 1.29 is 4.79 Å². The third-order valence-electron chi connectivity index (χ3n) is 12.1. The Morgan fingerprint density at radius 1 is 0.897 bits per heavy atom. The van der Waals surface area contributed by atoms with Crippen LogP contribution in [-0.4, -0.2) is 29.3 Å². The van der Waals surface area contributed by atoms with E-state index >= 15 is 0 Å². The van der Waals surface area contributed by atoms with Crippen LogP contribution in [0.4, 0.5) is 0 Å². The fourth-order valence-electron chi connectivity index (χ4n) is 10.8. The summed E-state index contributed by atoms with van der Waals surface area (Å²) in [6.07, 6.45) is 13.0. The van der Waals surface area contributed by atoms with Crippen molar-refractivity contribution in [3.05, 3.63) is 0 Å². The lowest BCUT2D eigenvalue weighted by Crippen LogP contribution is -2.54. The van der Waals surface area contributed by atoms with Gasteiger partial charge in [0.15, 0.2) is 0 Å². The summed E-state index contributed by atoms with van der Waals surface area (Å²) in [5.41, 5.74) is 1.04. The molecule has 6 aliphatic rings. The number of carbonyl (C=O) groups is 1. The Kier molecular flexibility index (Phi) is 4.22. The first-order valence-corrected chi connectivity index (χ1v) is 13.1. The fraction of sp³-hybridized carbons (Fsp3) is 0.963. The second-order valence-corrected chi connectivity index (χ2v) is 13.1. The Hall–Kier alpha value is -0.370. The van der Waals surface area contributed by atoms with E-state index < -0.39 is 0 Å². The summed E-state index contributed by atoms with van der Waals surface area (Å²) in [4.78, 5) is 15.2. The molecule has 0 N–H and O–H groups in total. The van der Waals surface area contributed by atoms with E-state index in [-0.39, 0.29) is 0 Å². The third-order valence-corrected chi connectivity index (χ3v) is 12.1. The predicted molar refractivity (Wildman–Crippen MR) is 117 cm³/mol. The van der Waals surface area contributed by atoms with Gasteiger partial charge in [-0.05, 0) is 104 Å². The zero-order valence-electron chi connectivity index (χ0n) is 19.3. The van der Waals surface area contributed by atoms with E-state index in [0.29, 0.717) is 22.5 Å². The molecular weight excluding hydrogens is 354 g/mol. The van der Waals surface area contributed by atoms with Gasteiger partial charge in [0.1, 0.15) is 5.78 Å². The Morgan fingerprint density at radius 3 is 2.55 bits per heavy atom. The lowest BCUT2D eigenvalue weighted by Gasteiger charge is -2.60. The van der Waals surface area contributed by atoms with Crippen molar-refractivity contribution in [3.8, 4) is 0 Å². The molecule has 0 unspecified atom stereocenters. The highest BCUT2D eigenvalue weighted by molar-refractivity contribution is 5.79. The molecule has 2 nitrogen and oxygen atoms in total. The maximum Gasteiger partial charge on any atom is 0.133 e. The van der Waals surface area contributed by atoms with Crippen LogP contribution in [0, 0.1) is 52.3 Å². The fourth-order valence-corrected chi connectivity index (χ4v) is 10.8. The summed E-state index contributed by atoms with van der Waals surface area (Å²) >= 11 is 0. The van der Waals surface area contributed by atoms with Crippen LogP contribution in [0.5, 0.6) is 0 Å². The van der Waals surface area contributed by atoms with E-state index in [0.717, 1.165) is 60.4 Å². The van der Waals surface area contributed by atoms with Gasteiger partial charge in [0.05, 0.1) is 0 Å². The van der Waals surface area contributed by atoms with Crippen LogP contribution in [0.3, 0.4) is 0 Å². The number of hydrogen-bond acceptors (Lipinski definition) is 2. The minimum absolute atomic E-state index is 0.462. The molecule has 0 bridgehead atoms. The van der Waals surface area contributed by atoms with E-state index in [9.17, 15) is 4.79 Å². The van der Waals surface area contributed by atoms with Gasteiger partial charge in [-0.3, -0.25) is 9.69 Å². The lowest BCUT2D eigenvalue weighted by atomic mass is 9.44. The molecule has 162 valence electrons. The quantitative estimate of drug-likeness (QED) is 0.504. The first-order valence-electron chi connectivity index (χ1n) is 13.1. The van der Waals surface area contributed by atoms with Gasteiger partial charge >= 0.3 is 0 Å². The van der Waals surface area contributed by atoms with Crippen molar-refractivity contribution in [3.63, 3.8) is 0 Å². The summed E-state index contributed by atoms with van der Waals surface area (Å²) in [5.74, 6) is 6.80. The zero-order valence-corrected chi connectivity index (χ0v) is 19.3. The lowest BCUT2D eigenvalue weighted by molar-refractivity contribution is -0.140. The molecule has 0 amide bonds. The largest absolute Gasteiger partial charge is 0.300 e. The molecule has 2 heteroatoms. The van der Waals surface area contributed by atoms with Crippen LogP contribution in [0.15, 0.2) is 0 Å². The molecular formula is C27H43NO. The van der Waals surface area contributed by atoms with E-state index in [1.165, 1.54) is 57.9 Å². The molecule has 6 rings (SSSR count). The van der Waals surface area contributed by atoms with E-state index in [1.807, 2.05) is 0 Å². The van der Waals surface area contributed by atoms with Crippen molar-refractivity contribution in [1.82, 2.24) is 4.90 Å². The maximum atomic E-state index is 12.2. The van der Waals surface area contributed by atoms with Gasteiger partial charge < -0.3 is 0 Å². The van der Waals surface area contributed by atoms with Crippen LogP contribution in [0.1, 0.15) is 91.9 Å². The smallest absolute Gasteiger partial charge is 0.133 e. The summed E-state index contributed by atoms with van der Waals surface area (Å²) in [5, 5.41) is 0. The molecule has 4 saturated carbocycles. The van der Waals surface area contributed by atoms with Gasteiger partial charge in [-0.1, -0.05) is 27.7 Å². The van der Waals surface area contributed by atoms with Crippen LogP contribution in [0.2, 0.25) is 0 Å². The van der Waals surface area contributed by atoms with E-state index in [1.54, 1.807) is 0 Å². The number of piperidine rings is 1. The molecule has 0 spiro atoms. The standard InChI is InChI=1S/C27H43NO/c1-16-5-8-23-17(2)25-24(28(23)15-16)14-22-20-7-6-18-13-19(29)9-11-26(18,3)21(20)10-12-27(22,25)4/h16-18,20-25H,5-15H2,1-4H3/t16-,17-,18+,20+,21-,22-,23-,24-,25-,26+,27+/m1/s1. The topological polar surface area (TPSA) is 20.3 Å². The minimum atomic E-state index is 0.462. The SMILES string of the molecule is C[C@@H]1CC[C@@H]2[C@@H](C)[C@@H]3[C@@H](C[C@@H]4[C@H]5CC[C@H]6CC(=O)CC[C@]6(C)[C@@H]5CC[C@]34C)N2C1. The van der Waals surface area contributed by atoms with Crippen LogP contribution in [-0.2, 0) is 4.79 Å². The zero-order chi connectivity index (χ0) is 20.1. The minimum Gasteiger partial charge on any atom is -0.300 e. The number of nitrogens with zero attached hydrogens (tertiary/aromatic N) is 1. The summed E-state index contributed by atoms with van der Waals surface area (Å²) in [7, 11) is 0. The van der Waals surface area contributed by atoms with Crippen molar-refractivity contribution in [2.45, 2.75) is 104 Å². The van der Waals surface area contributed by atoms with E-state index in [4.69, 9.17) is 0 Å². The molecule has 0 aromatic heterocycles. The number of fused-ring (bicyclic) bond motifs is 9. The first kappa shape index (κ1) is 19.3. The number of rotatable bonds is 0. The van der Waals surface area contributed by atoms with E-state index in [2.05, 4.69) is 32.6 Å². The van der Waals surface area contributed by atoms with Gasteiger partial charge in [0.25, 0.3) is 0 Å². The Labute approximate surface area is 178 Å². The molecule has 0 radical (unpaired) electrons. The van der Waals surface area contributed by atoms with Crippen molar-refractivity contribution in [1.29, 1.82) is 0 Å². The van der Waals surface area contributed by atoms with Gasteiger partial charge in [-0.2, -0.15) is 0 Å². The monoisotopic (exact) mass is 397 g/mol. The summed E-state index contributed by atoms with van der Waals surface area (Å²) < 4.78 is 0. The number of carbonyl (C=O) groups excluding carboxylic acids is 1. The Bertz CT molecular complexity index is 703. The third kappa shape index (κ3) is 2.48. The second kappa shape index (κ2) is 6.33. The van der Waals surface area contributed by atoms with Gasteiger partial charge in [0.2, 0.25) is 0 Å². The molecule has 11 atom stereocenters. The van der Waals surface area contributed by atoms with Crippen molar-refractivity contribution >= 4 is 5.78 Å². The normalized spacial score (nSPS) is 59.4. The number of hydrogen-bond donors (Lipinski definition) is 0. The molecule has 4 aliphatic carbocycles. The van der Waals surface area contributed by atoms with Crippen LogP contribution < -0.4 is 0 Å². The number of Topliss-reactive ketones (excluding diaryl/α,β-unsaturated/α-hetero) is 1. The highest BCUT2D eigenvalue weighted by atomic mass is 16.1. The summed E-state index contributed by atoms with van der Waals surface area (Å²) in [6.45, 7) is 11.8. The predicted octanol–water partition coefficient (Wildman–Crippen LogP) is 5.94. The van der Waals surface area contributed by atoms with Crippen molar-refractivity contribution in [2.24, 2.45) is 52.3 Å². The molecule has 0 aromatic rings. The highest BCUT2D eigenvalue weighted by Gasteiger charge is 2.66. The van der Waals surface area contributed by atoms with Gasteiger partial charge in [-0.15, -0.1) is 0 Å².